The van der Waals surface area contributed by atoms with Gasteiger partial charge in [0.15, 0.2) is 0 Å². The van der Waals surface area contributed by atoms with Crippen LogP contribution in [0.2, 0.25) is 0 Å². The van der Waals surface area contributed by atoms with Crippen molar-refractivity contribution in [1.82, 2.24) is 20.2 Å². The maximum Gasteiger partial charge on any atom is 0.268 e. The quantitative estimate of drug-likeness (QED) is 0.438. The number of benzene rings is 2. The minimum Gasteiger partial charge on any atom is -0.415 e. The highest BCUT2D eigenvalue weighted by molar-refractivity contribution is 8.00. The van der Waals surface area contributed by atoms with E-state index in [1.165, 1.54) is 4.90 Å². The predicted octanol–water partition coefficient (Wildman–Crippen LogP) is 5.36. The van der Waals surface area contributed by atoms with E-state index in [2.05, 4.69) is 41.2 Å². The molecule has 0 spiro atoms. The second kappa shape index (κ2) is 7.72. The normalized spacial score (nSPS) is 11.1. The van der Waals surface area contributed by atoms with Gasteiger partial charge < -0.3 is 4.42 Å². The Hall–Kier alpha value is -2.99. The van der Waals surface area contributed by atoms with Gasteiger partial charge in [-0.3, -0.25) is 4.98 Å². The molecule has 0 N–H and O–H groups in total. The number of hydrogen-bond acceptors (Lipinski definition) is 6. The van der Waals surface area contributed by atoms with Gasteiger partial charge in [0.1, 0.15) is 5.69 Å². The van der Waals surface area contributed by atoms with Crippen LogP contribution in [0.1, 0.15) is 13.8 Å². The van der Waals surface area contributed by atoms with Crippen LogP contribution in [0.15, 0.2) is 76.3 Å². The van der Waals surface area contributed by atoms with E-state index in [0.29, 0.717) is 22.7 Å². The standard InChI is InChI=1S/C21H18N4OS/c1-14(2)27-19-11-7-6-10-16(19)17-12-22-13-18(23-17)21-25-24-20(26-21)15-8-4-3-5-9-15/h3-14H,1-2H3. The largest absolute Gasteiger partial charge is 0.415 e. The molecule has 2 aromatic heterocycles. The Morgan fingerprint density at radius 2 is 1.52 bits per heavy atom. The molecule has 0 aliphatic rings. The van der Waals surface area contributed by atoms with Gasteiger partial charge in [0.25, 0.3) is 5.89 Å². The molecular weight excluding hydrogens is 356 g/mol. The van der Waals surface area contributed by atoms with Crippen LogP contribution >= 0.6 is 11.8 Å². The lowest BCUT2D eigenvalue weighted by Crippen LogP contribution is -1.94. The first-order valence-corrected chi connectivity index (χ1v) is 9.56. The number of aromatic nitrogens is 4. The fourth-order valence-corrected chi connectivity index (χ4v) is 3.62. The summed E-state index contributed by atoms with van der Waals surface area (Å²) in [6.07, 6.45) is 3.40. The maximum atomic E-state index is 5.81. The Bertz CT molecular complexity index is 1050. The Morgan fingerprint density at radius 3 is 2.33 bits per heavy atom. The van der Waals surface area contributed by atoms with Crippen molar-refractivity contribution < 1.29 is 4.42 Å². The van der Waals surface area contributed by atoms with E-state index < -0.39 is 0 Å². The van der Waals surface area contributed by atoms with E-state index in [4.69, 9.17) is 9.40 Å². The van der Waals surface area contributed by atoms with Crippen LogP contribution in [0.3, 0.4) is 0 Å². The lowest BCUT2D eigenvalue weighted by atomic mass is 10.1. The average Bonchev–Trinajstić information content (AvgIpc) is 3.19. The van der Waals surface area contributed by atoms with Gasteiger partial charge in [0.2, 0.25) is 5.89 Å². The topological polar surface area (TPSA) is 64.7 Å². The highest BCUT2D eigenvalue weighted by Crippen LogP contribution is 2.33. The van der Waals surface area contributed by atoms with Crippen molar-refractivity contribution in [1.29, 1.82) is 0 Å². The molecule has 5 nitrogen and oxygen atoms in total. The minimum atomic E-state index is 0.359. The van der Waals surface area contributed by atoms with Gasteiger partial charge in [-0.1, -0.05) is 50.2 Å². The van der Waals surface area contributed by atoms with Crippen LogP contribution in [-0.4, -0.2) is 25.4 Å². The van der Waals surface area contributed by atoms with Crippen LogP contribution in [0, 0.1) is 0 Å². The summed E-state index contributed by atoms with van der Waals surface area (Å²) in [5, 5.41) is 8.76. The first-order chi connectivity index (χ1) is 13.2. The van der Waals surface area contributed by atoms with Crippen molar-refractivity contribution in [3.05, 3.63) is 67.0 Å². The minimum absolute atomic E-state index is 0.359. The van der Waals surface area contributed by atoms with Crippen LogP contribution in [0.5, 0.6) is 0 Å². The maximum absolute atomic E-state index is 5.81. The molecule has 0 saturated carbocycles. The highest BCUT2D eigenvalue weighted by Gasteiger charge is 2.14. The van der Waals surface area contributed by atoms with Crippen molar-refractivity contribution in [2.45, 2.75) is 24.0 Å². The fraction of sp³-hybridized carbons (Fsp3) is 0.143. The monoisotopic (exact) mass is 374 g/mol. The van der Waals surface area contributed by atoms with Crippen molar-refractivity contribution in [2.75, 3.05) is 0 Å². The molecule has 134 valence electrons. The Morgan fingerprint density at radius 1 is 0.815 bits per heavy atom. The smallest absolute Gasteiger partial charge is 0.268 e. The lowest BCUT2D eigenvalue weighted by Gasteiger charge is -2.10. The van der Waals surface area contributed by atoms with Crippen molar-refractivity contribution >= 4 is 11.8 Å². The molecule has 0 aliphatic carbocycles. The first-order valence-electron chi connectivity index (χ1n) is 8.68. The molecule has 0 unspecified atom stereocenters. The third-order valence-corrected chi connectivity index (χ3v) is 4.91. The van der Waals surface area contributed by atoms with Crippen molar-refractivity contribution in [3.63, 3.8) is 0 Å². The summed E-state index contributed by atoms with van der Waals surface area (Å²) in [5.41, 5.74) is 3.27. The fourth-order valence-electron chi connectivity index (χ4n) is 2.66. The number of thioether (sulfide) groups is 1. The average molecular weight is 374 g/mol. The zero-order valence-corrected chi connectivity index (χ0v) is 15.9. The third kappa shape index (κ3) is 3.90. The van der Waals surface area contributed by atoms with Gasteiger partial charge in [0, 0.05) is 21.3 Å². The molecule has 0 aliphatic heterocycles. The molecule has 0 bridgehead atoms. The van der Waals surface area contributed by atoms with Gasteiger partial charge in [-0.15, -0.1) is 22.0 Å². The Kier molecular flexibility index (Phi) is 4.98. The summed E-state index contributed by atoms with van der Waals surface area (Å²) in [7, 11) is 0. The number of nitrogens with zero attached hydrogens (tertiary/aromatic N) is 4. The lowest BCUT2D eigenvalue weighted by molar-refractivity contribution is 0.582. The second-order valence-corrected chi connectivity index (χ2v) is 7.85. The number of rotatable bonds is 5. The Labute approximate surface area is 161 Å². The molecule has 0 saturated heterocycles. The molecule has 0 fully saturated rings. The van der Waals surface area contributed by atoms with E-state index in [0.717, 1.165) is 16.8 Å². The van der Waals surface area contributed by atoms with E-state index >= 15 is 0 Å². The summed E-state index contributed by atoms with van der Waals surface area (Å²) in [5.74, 6) is 0.825. The summed E-state index contributed by atoms with van der Waals surface area (Å²) in [4.78, 5) is 10.2. The predicted molar refractivity (Wildman–Crippen MR) is 107 cm³/mol. The first kappa shape index (κ1) is 17.4. The van der Waals surface area contributed by atoms with Crippen LogP contribution < -0.4 is 0 Å². The Balaban J connectivity index is 1.69. The third-order valence-electron chi connectivity index (χ3n) is 3.83. The molecule has 4 rings (SSSR count). The zero-order valence-electron chi connectivity index (χ0n) is 15.0. The van der Waals surface area contributed by atoms with Crippen molar-refractivity contribution in [2.24, 2.45) is 0 Å². The van der Waals surface area contributed by atoms with Gasteiger partial charge in [-0.25, -0.2) is 4.98 Å². The summed E-state index contributed by atoms with van der Waals surface area (Å²) in [6, 6.07) is 17.9. The molecule has 2 heterocycles. The van der Waals surface area contributed by atoms with Crippen LogP contribution in [0.25, 0.3) is 34.3 Å². The van der Waals surface area contributed by atoms with Gasteiger partial charge in [-0.05, 0) is 18.2 Å². The summed E-state index contributed by atoms with van der Waals surface area (Å²) in [6.45, 7) is 4.35. The molecule has 4 aromatic rings. The molecule has 6 heteroatoms. The molecule has 0 amide bonds. The SMILES string of the molecule is CC(C)Sc1ccccc1-c1cncc(-c2nnc(-c3ccccc3)o2)n1. The van der Waals surface area contributed by atoms with E-state index in [1.54, 1.807) is 24.2 Å². The molecular formula is C21H18N4OS. The van der Waals surface area contributed by atoms with E-state index in [1.807, 2.05) is 42.5 Å². The molecule has 0 radical (unpaired) electrons. The molecule has 27 heavy (non-hydrogen) atoms. The van der Waals surface area contributed by atoms with Crippen LogP contribution in [0.4, 0.5) is 0 Å². The van der Waals surface area contributed by atoms with Gasteiger partial charge >= 0.3 is 0 Å². The number of hydrogen-bond donors (Lipinski definition) is 0. The zero-order chi connectivity index (χ0) is 18.6. The van der Waals surface area contributed by atoms with Gasteiger partial charge in [-0.2, -0.15) is 0 Å². The van der Waals surface area contributed by atoms with Crippen LogP contribution in [-0.2, 0) is 0 Å². The van der Waals surface area contributed by atoms with Crippen molar-refractivity contribution in [3.8, 4) is 34.3 Å². The highest BCUT2D eigenvalue weighted by atomic mass is 32.2. The molecule has 0 atom stereocenters. The summed E-state index contributed by atoms with van der Waals surface area (Å²) < 4.78 is 5.81. The molecule has 2 aromatic carbocycles. The second-order valence-electron chi connectivity index (χ2n) is 6.23. The van der Waals surface area contributed by atoms with E-state index in [9.17, 15) is 0 Å². The van der Waals surface area contributed by atoms with E-state index in [-0.39, 0.29) is 0 Å². The van der Waals surface area contributed by atoms with Gasteiger partial charge in [0.05, 0.1) is 18.1 Å². The summed E-state index contributed by atoms with van der Waals surface area (Å²) >= 11 is 1.80.